The van der Waals surface area contributed by atoms with Gasteiger partial charge in [-0.05, 0) is 44.6 Å². The van der Waals surface area contributed by atoms with Gasteiger partial charge in [0.1, 0.15) is 23.1 Å². The molecule has 1 saturated carbocycles. The van der Waals surface area contributed by atoms with E-state index in [1.54, 1.807) is 11.1 Å². The third-order valence-corrected chi connectivity index (χ3v) is 6.05. The third kappa shape index (κ3) is 4.67. The number of hydrogen-bond acceptors (Lipinski definition) is 7. The highest BCUT2D eigenvalue weighted by Crippen LogP contribution is 2.32. The number of H-pyrrole nitrogens is 1. The fourth-order valence-corrected chi connectivity index (χ4v) is 4.14. The van der Waals surface area contributed by atoms with Crippen LogP contribution in [0, 0.1) is 17.2 Å². The summed E-state index contributed by atoms with van der Waals surface area (Å²) in [6.45, 7) is 4.01. The van der Waals surface area contributed by atoms with Crippen LogP contribution in [0.4, 0.5) is 17.5 Å². The van der Waals surface area contributed by atoms with Gasteiger partial charge in [0.15, 0.2) is 0 Å². The maximum atomic E-state index is 12.9. The summed E-state index contributed by atoms with van der Waals surface area (Å²) in [5.41, 5.74) is 1.81. The van der Waals surface area contributed by atoms with Crippen LogP contribution in [0.1, 0.15) is 32.6 Å². The number of carbonyl (C=O) groups is 1. The van der Waals surface area contributed by atoms with Gasteiger partial charge in [0, 0.05) is 38.1 Å². The maximum absolute atomic E-state index is 12.9. The number of nitriles is 1. The van der Waals surface area contributed by atoms with E-state index >= 15 is 0 Å². The number of aromatic amines is 1. The number of nitrogens with one attached hydrogen (secondary N) is 3. The fraction of sp³-hybridized carbons (Fsp3) is 0.435. The first-order valence-electron chi connectivity index (χ1n) is 11.4. The van der Waals surface area contributed by atoms with Crippen LogP contribution in [0.25, 0.3) is 11.0 Å². The van der Waals surface area contributed by atoms with E-state index in [2.05, 4.69) is 31.8 Å². The summed E-state index contributed by atoms with van der Waals surface area (Å²) >= 11 is 0. The number of aromatic nitrogens is 5. The molecule has 4 heterocycles. The molecular formula is C23H27N9O. The first-order chi connectivity index (χ1) is 16.1. The standard InChI is InChI=1S/C23H27N9O/c1-2-32-14-18(12-26-32)28-23-29-20-19(7-8-25-20)21(30-23)27-17-4-3-9-31(13-17)22(33)16(11-24)10-15-5-6-15/h7-8,10,12,14-15,17H,2-6,9,13H2,1H3,(H3,25,27,28,29,30)/b16-10+/t17-/m1/s1. The second kappa shape index (κ2) is 8.94. The molecule has 33 heavy (non-hydrogen) atoms. The van der Waals surface area contributed by atoms with Crippen LogP contribution < -0.4 is 10.6 Å². The molecule has 1 saturated heterocycles. The number of fused-ring (bicyclic) bond motifs is 1. The van der Waals surface area contributed by atoms with Gasteiger partial charge in [-0.15, -0.1) is 0 Å². The molecule has 0 unspecified atom stereocenters. The van der Waals surface area contributed by atoms with E-state index in [0.29, 0.717) is 30.8 Å². The Kier molecular flexibility index (Phi) is 5.69. The molecule has 170 valence electrons. The Bertz CT molecular complexity index is 1230. The quantitative estimate of drug-likeness (QED) is 0.376. The van der Waals surface area contributed by atoms with Crippen molar-refractivity contribution < 1.29 is 4.79 Å². The van der Waals surface area contributed by atoms with Crippen LogP contribution in [0.2, 0.25) is 0 Å². The molecule has 1 amide bonds. The van der Waals surface area contributed by atoms with Crippen molar-refractivity contribution >= 4 is 34.4 Å². The van der Waals surface area contributed by atoms with Crippen LogP contribution in [0.5, 0.6) is 0 Å². The lowest BCUT2D eigenvalue weighted by Crippen LogP contribution is -2.45. The molecule has 0 aromatic carbocycles. The normalized spacial score (nSPS) is 18.8. The Labute approximate surface area is 191 Å². The molecule has 0 bridgehead atoms. The molecular weight excluding hydrogens is 418 g/mol. The Balaban J connectivity index is 1.33. The van der Waals surface area contributed by atoms with E-state index in [1.165, 1.54) is 0 Å². The first-order valence-corrected chi connectivity index (χ1v) is 11.4. The van der Waals surface area contributed by atoms with Crippen LogP contribution in [0.3, 0.4) is 0 Å². The predicted molar refractivity (Wildman–Crippen MR) is 125 cm³/mol. The number of anilines is 3. The van der Waals surface area contributed by atoms with Gasteiger partial charge >= 0.3 is 0 Å². The van der Waals surface area contributed by atoms with Gasteiger partial charge in [0.05, 0.1) is 17.3 Å². The van der Waals surface area contributed by atoms with E-state index in [9.17, 15) is 10.1 Å². The van der Waals surface area contributed by atoms with Crippen molar-refractivity contribution in [3.8, 4) is 6.07 Å². The summed E-state index contributed by atoms with van der Waals surface area (Å²) in [6, 6.07) is 4.08. The van der Waals surface area contributed by atoms with Crippen molar-refractivity contribution in [2.45, 2.75) is 45.2 Å². The number of nitrogens with zero attached hydrogens (tertiary/aromatic N) is 6. The van der Waals surface area contributed by atoms with E-state index in [1.807, 2.05) is 36.1 Å². The molecule has 3 aromatic rings. The van der Waals surface area contributed by atoms with Gasteiger partial charge in [0.2, 0.25) is 5.95 Å². The number of rotatable bonds is 7. The molecule has 2 aliphatic rings. The summed E-state index contributed by atoms with van der Waals surface area (Å²) in [5, 5.41) is 21.4. The highest BCUT2D eigenvalue weighted by molar-refractivity contribution is 5.97. The highest BCUT2D eigenvalue weighted by Gasteiger charge is 2.28. The Hall–Kier alpha value is -3.87. The number of hydrogen-bond donors (Lipinski definition) is 3. The minimum atomic E-state index is -0.166. The van der Waals surface area contributed by atoms with Gasteiger partial charge in [-0.3, -0.25) is 9.48 Å². The van der Waals surface area contributed by atoms with Crippen molar-refractivity contribution in [3.63, 3.8) is 0 Å². The largest absolute Gasteiger partial charge is 0.365 e. The number of amides is 1. The van der Waals surface area contributed by atoms with Gasteiger partial charge in [-0.1, -0.05) is 6.08 Å². The first kappa shape index (κ1) is 21.0. The molecule has 10 nitrogen and oxygen atoms in total. The molecule has 5 rings (SSSR count). The average molecular weight is 446 g/mol. The van der Waals surface area contributed by atoms with Crippen molar-refractivity contribution in [3.05, 3.63) is 36.3 Å². The molecule has 3 aromatic heterocycles. The van der Waals surface area contributed by atoms with E-state index in [4.69, 9.17) is 4.98 Å². The monoisotopic (exact) mass is 445 g/mol. The average Bonchev–Trinajstić information content (AvgIpc) is 3.32. The van der Waals surface area contributed by atoms with Gasteiger partial charge in [-0.2, -0.15) is 20.3 Å². The summed E-state index contributed by atoms with van der Waals surface area (Å²) in [7, 11) is 0. The van der Waals surface area contributed by atoms with Crippen LogP contribution >= 0.6 is 0 Å². The molecule has 2 fully saturated rings. The van der Waals surface area contributed by atoms with E-state index < -0.39 is 0 Å². The Morgan fingerprint density at radius 1 is 1.36 bits per heavy atom. The third-order valence-electron chi connectivity index (χ3n) is 6.05. The molecule has 3 N–H and O–H groups in total. The molecule has 0 spiro atoms. The number of aryl methyl sites for hydroxylation is 1. The summed E-state index contributed by atoms with van der Waals surface area (Å²) in [4.78, 5) is 27.1. The number of piperidine rings is 1. The van der Waals surface area contributed by atoms with E-state index in [-0.39, 0.29) is 17.5 Å². The Morgan fingerprint density at radius 3 is 3.00 bits per heavy atom. The molecule has 1 aliphatic carbocycles. The lowest BCUT2D eigenvalue weighted by molar-refractivity contribution is -0.127. The predicted octanol–water partition coefficient (Wildman–Crippen LogP) is 3.18. The van der Waals surface area contributed by atoms with Crippen molar-refractivity contribution in [2.24, 2.45) is 5.92 Å². The zero-order valence-corrected chi connectivity index (χ0v) is 18.6. The maximum Gasteiger partial charge on any atom is 0.264 e. The Morgan fingerprint density at radius 2 is 2.24 bits per heavy atom. The molecule has 0 radical (unpaired) electrons. The smallest absolute Gasteiger partial charge is 0.264 e. The van der Waals surface area contributed by atoms with Crippen LogP contribution in [-0.2, 0) is 11.3 Å². The molecule has 1 aliphatic heterocycles. The SMILES string of the molecule is CCn1cc(Nc2nc(N[C@@H]3CCCN(C(=O)/C(C#N)=C/C4CC4)C3)c3cc[nH]c3n2)cn1. The zero-order valence-electron chi connectivity index (χ0n) is 18.6. The summed E-state index contributed by atoms with van der Waals surface area (Å²) in [5.74, 6) is 1.40. The minimum absolute atomic E-state index is 0.0345. The van der Waals surface area contributed by atoms with Gasteiger partial charge in [0.25, 0.3) is 5.91 Å². The zero-order chi connectivity index (χ0) is 22.8. The van der Waals surface area contributed by atoms with Gasteiger partial charge in [-0.25, -0.2) is 0 Å². The van der Waals surface area contributed by atoms with Crippen LogP contribution in [0.15, 0.2) is 36.3 Å². The second-order valence-electron chi connectivity index (χ2n) is 8.61. The highest BCUT2D eigenvalue weighted by atomic mass is 16.2. The fourth-order valence-electron chi connectivity index (χ4n) is 4.14. The minimum Gasteiger partial charge on any atom is -0.365 e. The van der Waals surface area contributed by atoms with Crippen LogP contribution in [-0.4, -0.2) is 54.7 Å². The van der Waals surface area contributed by atoms with Gasteiger partial charge < -0.3 is 20.5 Å². The lowest BCUT2D eigenvalue weighted by atomic mass is 10.0. The second-order valence-corrected chi connectivity index (χ2v) is 8.61. The number of likely N-dealkylation sites (tertiary alicyclic amines) is 1. The van der Waals surface area contributed by atoms with E-state index in [0.717, 1.165) is 48.9 Å². The van der Waals surface area contributed by atoms with Crippen molar-refractivity contribution in [2.75, 3.05) is 23.7 Å². The number of allylic oxidation sites excluding steroid dienone is 1. The summed E-state index contributed by atoms with van der Waals surface area (Å²) < 4.78 is 1.83. The number of carbonyl (C=O) groups excluding carboxylic acids is 1. The van der Waals surface area contributed by atoms with Crippen molar-refractivity contribution in [1.82, 2.24) is 29.6 Å². The molecule has 1 atom stereocenters. The summed E-state index contributed by atoms with van der Waals surface area (Å²) in [6.07, 6.45) is 11.2. The topological polar surface area (TPSA) is 128 Å². The molecule has 10 heteroatoms. The lowest BCUT2D eigenvalue weighted by Gasteiger charge is -2.33. The van der Waals surface area contributed by atoms with Crippen molar-refractivity contribution in [1.29, 1.82) is 5.26 Å².